The Labute approximate surface area is 151 Å². The lowest BCUT2D eigenvalue weighted by atomic mass is 10.1. The van der Waals surface area contributed by atoms with Crippen LogP contribution in [0.15, 0.2) is 41.3 Å². The van der Waals surface area contributed by atoms with Gasteiger partial charge in [-0.3, -0.25) is 0 Å². The van der Waals surface area contributed by atoms with Crippen molar-refractivity contribution in [2.75, 3.05) is 6.54 Å². The van der Waals surface area contributed by atoms with Gasteiger partial charge in [0.15, 0.2) is 0 Å². The number of nitrogens with zero attached hydrogens (tertiary/aromatic N) is 2. The second-order valence-corrected chi connectivity index (χ2v) is 8.69. The maximum atomic E-state index is 13.4. The number of hydrogen-bond acceptors (Lipinski definition) is 3. The Bertz CT molecular complexity index is 1090. The zero-order valence-electron chi connectivity index (χ0n) is 14.7. The zero-order valence-corrected chi connectivity index (χ0v) is 15.5. The van der Waals surface area contributed by atoms with Crippen LogP contribution in [0.2, 0.25) is 0 Å². The van der Waals surface area contributed by atoms with Crippen molar-refractivity contribution in [3.8, 4) is 0 Å². The number of aromatic nitrogens is 2. The van der Waals surface area contributed by atoms with Crippen LogP contribution in [-0.4, -0.2) is 29.2 Å². The highest BCUT2D eigenvalue weighted by molar-refractivity contribution is 7.89. The number of rotatable bonds is 3. The Morgan fingerprint density at radius 3 is 2.73 bits per heavy atom. The molecule has 1 N–H and O–H groups in total. The molecule has 1 fully saturated rings. The van der Waals surface area contributed by atoms with Crippen LogP contribution < -0.4 is 0 Å². The summed E-state index contributed by atoms with van der Waals surface area (Å²) in [6.45, 7) is 4.31. The first-order valence-corrected chi connectivity index (χ1v) is 10.0. The molecule has 1 aliphatic heterocycles. The van der Waals surface area contributed by atoms with Crippen molar-refractivity contribution in [1.82, 2.24) is 14.3 Å². The Morgan fingerprint density at radius 1 is 1.15 bits per heavy atom. The van der Waals surface area contributed by atoms with Crippen LogP contribution in [0, 0.1) is 19.7 Å². The van der Waals surface area contributed by atoms with Gasteiger partial charge in [-0.15, -0.1) is 0 Å². The Morgan fingerprint density at radius 2 is 1.96 bits per heavy atom. The highest BCUT2D eigenvalue weighted by Gasteiger charge is 2.38. The van der Waals surface area contributed by atoms with E-state index >= 15 is 0 Å². The molecule has 2 heterocycles. The minimum atomic E-state index is -3.62. The van der Waals surface area contributed by atoms with Crippen molar-refractivity contribution in [2.24, 2.45) is 0 Å². The maximum absolute atomic E-state index is 13.4. The Hall–Kier alpha value is -2.25. The van der Waals surface area contributed by atoms with Crippen LogP contribution in [0.1, 0.15) is 35.8 Å². The van der Waals surface area contributed by atoms with Crippen LogP contribution in [0.3, 0.4) is 0 Å². The molecule has 4 rings (SSSR count). The van der Waals surface area contributed by atoms with E-state index in [0.29, 0.717) is 34.7 Å². The summed E-state index contributed by atoms with van der Waals surface area (Å²) in [4.78, 5) is 7.89. The molecule has 7 heteroatoms. The third kappa shape index (κ3) is 2.81. The number of benzene rings is 2. The second-order valence-electron chi connectivity index (χ2n) is 6.80. The van der Waals surface area contributed by atoms with E-state index in [2.05, 4.69) is 9.97 Å². The first kappa shape index (κ1) is 17.2. The van der Waals surface area contributed by atoms with Crippen molar-refractivity contribution < 1.29 is 12.8 Å². The third-order valence-corrected chi connectivity index (χ3v) is 6.97. The van der Waals surface area contributed by atoms with E-state index in [9.17, 15) is 12.8 Å². The number of H-pyrrole nitrogens is 1. The monoisotopic (exact) mass is 373 g/mol. The molecule has 1 aliphatic rings. The summed E-state index contributed by atoms with van der Waals surface area (Å²) in [5, 5.41) is 0. The number of aryl methyl sites for hydroxylation is 2. The van der Waals surface area contributed by atoms with E-state index < -0.39 is 10.0 Å². The third-order valence-electron chi connectivity index (χ3n) is 5.07. The molecule has 0 bridgehead atoms. The van der Waals surface area contributed by atoms with E-state index in [1.807, 2.05) is 19.9 Å². The molecule has 3 aromatic rings. The van der Waals surface area contributed by atoms with Gasteiger partial charge in [-0.1, -0.05) is 6.07 Å². The molecule has 1 unspecified atom stereocenters. The average Bonchev–Trinajstić information content (AvgIpc) is 3.23. The van der Waals surface area contributed by atoms with Gasteiger partial charge in [0.1, 0.15) is 11.6 Å². The summed E-state index contributed by atoms with van der Waals surface area (Å²) >= 11 is 0. The van der Waals surface area contributed by atoms with Gasteiger partial charge in [0.05, 0.1) is 22.0 Å². The number of aromatic amines is 1. The van der Waals surface area contributed by atoms with Crippen molar-refractivity contribution >= 4 is 21.1 Å². The van der Waals surface area contributed by atoms with E-state index in [0.717, 1.165) is 17.5 Å². The average molecular weight is 373 g/mol. The molecular weight excluding hydrogens is 353 g/mol. The van der Waals surface area contributed by atoms with Crippen LogP contribution in [0.25, 0.3) is 11.0 Å². The highest BCUT2D eigenvalue weighted by atomic mass is 32.2. The summed E-state index contributed by atoms with van der Waals surface area (Å²) in [7, 11) is -3.62. The number of hydrogen-bond donors (Lipinski definition) is 1. The van der Waals surface area contributed by atoms with Gasteiger partial charge < -0.3 is 4.98 Å². The standard InChI is InChI=1S/C19H20FN3O2S/c1-12-5-7-15(10-13(12)2)26(24,25)23-9-3-4-18(23)19-21-16-8-6-14(20)11-17(16)22-19/h5-8,10-11,18H,3-4,9H2,1-2H3,(H,21,22). The minimum Gasteiger partial charge on any atom is -0.341 e. The Kier molecular flexibility index (Phi) is 4.08. The van der Waals surface area contributed by atoms with Gasteiger partial charge in [-0.25, -0.2) is 17.8 Å². The molecular formula is C19H20FN3O2S. The van der Waals surface area contributed by atoms with Crippen LogP contribution in [0.5, 0.6) is 0 Å². The Balaban J connectivity index is 1.74. The number of sulfonamides is 1. The zero-order chi connectivity index (χ0) is 18.5. The SMILES string of the molecule is Cc1ccc(S(=O)(=O)N2CCCC2c2nc3ccc(F)cc3[nH]2)cc1C. The quantitative estimate of drug-likeness (QED) is 0.758. The summed E-state index contributed by atoms with van der Waals surface area (Å²) in [5.74, 6) is 0.217. The van der Waals surface area contributed by atoms with E-state index in [1.165, 1.54) is 16.4 Å². The van der Waals surface area contributed by atoms with Gasteiger partial charge in [-0.05, 0) is 68.1 Å². The topological polar surface area (TPSA) is 66.1 Å². The number of halogens is 1. The molecule has 0 amide bonds. The summed E-state index contributed by atoms with van der Waals surface area (Å²) in [5.41, 5.74) is 3.22. The molecule has 2 aromatic carbocycles. The normalized spacial score (nSPS) is 18.7. The van der Waals surface area contributed by atoms with Gasteiger partial charge >= 0.3 is 0 Å². The minimum absolute atomic E-state index is 0.301. The van der Waals surface area contributed by atoms with Gasteiger partial charge in [0.2, 0.25) is 10.0 Å². The summed E-state index contributed by atoms with van der Waals surface area (Å²) in [6, 6.07) is 9.17. The van der Waals surface area contributed by atoms with Crippen molar-refractivity contribution in [1.29, 1.82) is 0 Å². The molecule has 1 atom stereocenters. The maximum Gasteiger partial charge on any atom is 0.243 e. The van der Waals surface area contributed by atoms with Gasteiger partial charge in [-0.2, -0.15) is 4.31 Å². The number of nitrogens with one attached hydrogen (secondary N) is 1. The molecule has 0 aliphatic carbocycles. The fraction of sp³-hybridized carbons (Fsp3) is 0.316. The van der Waals surface area contributed by atoms with Crippen LogP contribution in [-0.2, 0) is 10.0 Å². The largest absolute Gasteiger partial charge is 0.341 e. The van der Waals surface area contributed by atoms with Crippen molar-refractivity contribution in [3.05, 3.63) is 59.2 Å². The van der Waals surface area contributed by atoms with Crippen molar-refractivity contribution in [2.45, 2.75) is 37.6 Å². The molecule has 1 aromatic heterocycles. The smallest absolute Gasteiger partial charge is 0.243 e. The molecule has 1 saturated heterocycles. The first-order chi connectivity index (χ1) is 12.4. The second kappa shape index (κ2) is 6.17. The fourth-order valence-corrected chi connectivity index (χ4v) is 5.22. The molecule has 0 saturated carbocycles. The van der Waals surface area contributed by atoms with E-state index in [4.69, 9.17) is 0 Å². The first-order valence-electron chi connectivity index (χ1n) is 8.60. The lowest BCUT2D eigenvalue weighted by Gasteiger charge is -2.23. The van der Waals surface area contributed by atoms with E-state index in [-0.39, 0.29) is 11.9 Å². The summed E-state index contributed by atoms with van der Waals surface area (Å²) < 4.78 is 41.3. The van der Waals surface area contributed by atoms with E-state index in [1.54, 1.807) is 18.2 Å². The van der Waals surface area contributed by atoms with Crippen LogP contribution >= 0.6 is 0 Å². The van der Waals surface area contributed by atoms with Crippen molar-refractivity contribution in [3.63, 3.8) is 0 Å². The molecule has 5 nitrogen and oxygen atoms in total. The number of fused-ring (bicyclic) bond motifs is 1. The molecule has 0 radical (unpaired) electrons. The lowest BCUT2D eigenvalue weighted by molar-refractivity contribution is 0.385. The molecule has 0 spiro atoms. The fourth-order valence-electron chi connectivity index (χ4n) is 3.47. The highest BCUT2D eigenvalue weighted by Crippen LogP contribution is 2.36. The molecule has 136 valence electrons. The predicted octanol–water partition coefficient (Wildman–Crippen LogP) is 3.84. The predicted molar refractivity (Wildman–Crippen MR) is 97.8 cm³/mol. The van der Waals surface area contributed by atoms with Gasteiger partial charge in [0.25, 0.3) is 0 Å². The van der Waals surface area contributed by atoms with Crippen LogP contribution in [0.4, 0.5) is 4.39 Å². The lowest BCUT2D eigenvalue weighted by Crippen LogP contribution is -2.31. The summed E-state index contributed by atoms with van der Waals surface area (Å²) in [6.07, 6.45) is 1.45. The van der Waals surface area contributed by atoms with Gasteiger partial charge in [0, 0.05) is 6.54 Å². The molecule has 26 heavy (non-hydrogen) atoms. The number of imidazole rings is 1.